The Morgan fingerprint density at radius 3 is 2.50 bits per heavy atom. The van der Waals surface area contributed by atoms with Gasteiger partial charge in [-0.3, -0.25) is 19.3 Å². The van der Waals surface area contributed by atoms with Crippen molar-refractivity contribution >= 4 is 46.4 Å². The number of carbonyl (C=O) groups is 3. The quantitative estimate of drug-likeness (QED) is 0.440. The van der Waals surface area contributed by atoms with E-state index >= 15 is 0 Å². The Morgan fingerprint density at radius 2 is 1.87 bits per heavy atom. The van der Waals surface area contributed by atoms with Crippen molar-refractivity contribution in [2.75, 3.05) is 13.7 Å². The van der Waals surface area contributed by atoms with Gasteiger partial charge < -0.3 is 9.47 Å². The molecule has 0 spiro atoms. The van der Waals surface area contributed by atoms with Gasteiger partial charge in [0.1, 0.15) is 0 Å². The second-order valence-electron chi connectivity index (χ2n) is 5.99. The monoisotopic (exact) mass is 453 g/mol. The highest BCUT2D eigenvalue weighted by Gasteiger charge is 2.36. The Labute approximate surface area is 179 Å². The summed E-state index contributed by atoms with van der Waals surface area (Å²) in [5.41, 5.74) is 0.754. The standard InChI is InChI=1S/C20H14ClF2NO5S/c1-28-16-8-11(2-7-15(16)29-19(22)23)9-17-18(26)24(20(27)30-17)10-14(25)12-3-5-13(21)6-4-12/h2-9,19H,10H2,1H3/b17-9-. The molecule has 2 aromatic carbocycles. The first-order valence-corrected chi connectivity index (χ1v) is 9.65. The highest BCUT2D eigenvalue weighted by molar-refractivity contribution is 8.18. The van der Waals surface area contributed by atoms with Gasteiger partial charge in [0.2, 0.25) is 0 Å². The minimum absolute atomic E-state index is 0.0428. The molecule has 0 aromatic heterocycles. The van der Waals surface area contributed by atoms with Crippen molar-refractivity contribution in [3.8, 4) is 11.5 Å². The smallest absolute Gasteiger partial charge is 0.387 e. The summed E-state index contributed by atoms with van der Waals surface area (Å²) in [5, 5.41) is -0.126. The first-order chi connectivity index (χ1) is 14.3. The summed E-state index contributed by atoms with van der Waals surface area (Å²) in [6, 6.07) is 10.2. The maximum Gasteiger partial charge on any atom is 0.387 e. The first kappa shape index (κ1) is 21.8. The largest absolute Gasteiger partial charge is 0.493 e. The van der Waals surface area contributed by atoms with Gasteiger partial charge in [-0.25, -0.2) is 0 Å². The van der Waals surface area contributed by atoms with Crippen LogP contribution in [0.15, 0.2) is 47.4 Å². The third kappa shape index (κ3) is 4.98. The number of imide groups is 1. The van der Waals surface area contributed by atoms with Gasteiger partial charge in [0, 0.05) is 10.6 Å². The van der Waals surface area contributed by atoms with Crippen LogP contribution >= 0.6 is 23.4 Å². The van der Waals surface area contributed by atoms with Crippen LogP contribution in [-0.4, -0.2) is 42.1 Å². The minimum Gasteiger partial charge on any atom is -0.493 e. The Morgan fingerprint density at radius 1 is 1.17 bits per heavy atom. The van der Waals surface area contributed by atoms with Crippen LogP contribution in [-0.2, 0) is 4.79 Å². The van der Waals surface area contributed by atoms with Crippen LogP contribution in [0.1, 0.15) is 15.9 Å². The van der Waals surface area contributed by atoms with Gasteiger partial charge in [-0.05, 0) is 59.8 Å². The lowest BCUT2D eigenvalue weighted by Crippen LogP contribution is -2.33. The molecule has 3 rings (SSSR count). The molecular formula is C20H14ClF2NO5S. The number of benzene rings is 2. The normalized spacial score (nSPS) is 15.2. The van der Waals surface area contributed by atoms with E-state index in [1.807, 2.05) is 0 Å². The minimum atomic E-state index is -3.01. The maximum atomic E-state index is 12.6. The van der Waals surface area contributed by atoms with Crippen molar-refractivity contribution in [3.05, 3.63) is 63.5 Å². The summed E-state index contributed by atoms with van der Waals surface area (Å²) in [4.78, 5) is 38.1. The Hall–Kier alpha value is -2.91. The van der Waals surface area contributed by atoms with Gasteiger partial charge in [-0.1, -0.05) is 17.7 Å². The van der Waals surface area contributed by atoms with E-state index < -0.39 is 30.1 Å². The lowest BCUT2D eigenvalue weighted by Gasteiger charge is -2.11. The number of ether oxygens (including phenoxy) is 2. The predicted octanol–water partition coefficient (Wildman–Crippen LogP) is 4.87. The fourth-order valence-corrected chi connectivity index (χ4v) is 3.59. The number of thioether (sulfide) groups is 1. The number of halogens is 3. The second-order valence-corrected chi connectivity index (χ2v) is 7.42. The van der Waals surface area contributed by atoms with E-state index in [4.69, 9.17) is 16.3 Å². The molecular weight excluding hydrogens is 440 g/mol. The summed E-state index contributed by atoms with van der Waals surface area (Å²) in [7, 11) is 1.29. The van der Waals surface area contributed by atoms with Gasteiger partial charge in [0.05, 0.1) is 18.6 Å². The molecule has 0 atom stereocenters. The highest BCUT2D eigenvalue weighted by atomic mass is 35.5. The van der Waals surface area contributed by atoms with Crippen molar-refractivity contribution in [2.24, 2.45) is 0 Å². The van der Waals surface area contributed by atoms with E-state index in [9.17, 15) is 23.2 Å². The topological polar surface area (TPSA) is 72.9 Å². The molecule has 1 aliphatic heterocycles. The molecule has 2 amide bonds. The van der Waals surface area contributed by atoms with Crippen molar-refractivity contribution in [2.45, 2.75) is 6.61 Å². The third-order valence-electron chi connectivity index (χ3n) is 4.04. The van der Waals surface area contributed by atoms with Crippen molar-refractivity contribution < 1.29 is 32.6 Å². The lowest BCUT2D eigenvalue weighted by molar-refractivity contribution is -0.122. The fraction of sp³-hybridized carbons (Fsp3) is 0.150. The number of rotatable bonds is 7. The average Bonchev–Trinajstić information content (AvgIpc) is 2.96. The predicted molar refractivity (Wildman–Crippen MR) is 108 cm³/mol. The Balaban J connectivity index is 1.77. The fourth-order valence-electron chi connectivity index (χ4n) is 2.63. The molecule has 0 aliphatic carbocycles. The van der Waals surface area contributed by atoms with Crippen molar-refractivity contribution in [3.63, 3.8) is 0 Å². The molecule has 0 bridgehead atoms. The summed E-state index contributed by atoms with van der Waals surface area (Å²) >= 11 is 6.47. The van der Waals surface area contributed by atoms with Crippen LogP contribution in [0.25, 0.3) is 6.08 Å². The lowest BCUT2D eigenvalue weighted by atomic mass is 10.1. The first-order valence-electron chi connectivity index (χ1n) is 8.45. The zero-order chi connectivity index (χ0) is 21.8. The summed E-state index contributed by atoms with van der Waals surface area (Å²) in [5.74, 6) is -1.16. The molecule has 1 saturated heterocycles. The SMILES string of the molecule is COc1cc(/C=C2\SC(=O)N(CC(=O)c3ccc(Cl)cc3)C2=O)ccc1OC(F)F. The second kappa shape index (κ2) is 9.27. The zero-order valence-electron chi connectivity index (χ0n) is 15.4. The summed E-state index contributed by atoms with van der Waals surface area (Å²) in [6.45, 7) is -3.42. The van der Waals surface area contributed by atoms with Crippen LogP contribution in [0.2, 0.25) is 5.02 Å². The molecule has 0 N–H and O–H groups in total. The maximum absolute atomic E-state index is 12.6. The molecule has 6 nitrogen and oxygen atoms in total. The van der Waals surface area contributed by atoms with Gasteiger partial charge in [-0.2, -0.15) is 8.78 Å². The van der Waals surface area contributed by atoms with E-state index in [1.165, 1.54) is 55.7 Å². The molecule has 0 saturated carbocycles. The molecule has 30 heavy (non-hydrogen) atoms. The summed E-state index contributed by atoms with van der Waals surface area (Å²) in [6.07, 6.45) is 1.41. The van der Waals surface area contributed by atoms with Gasteiger partial charge in [0.25, 0.3) is 11.1 Å². The molecule has 2 aromatic rings. The highest BCUT2D eigenvalue weighted by Crippen LogP contribution is 2.35. The third-order valence-corrected chi connectivity index (χ3v) is 5.20. The van der Waals surface area contributed by atoms with E-state index in [2.05, 4.69) is 4.74 Å². The number of hydrogen-bond donors (Lipinski definition) is 0. The van der Waals surface area contributed by atoms with Crippen LogP contribution < -0.4 is 9.47 Å². The van der Waals surface area contributed by atoms with Crippen molar-refractivity contribution in [1.29, 1.82) is 0 Å². The zero-order valence-corrected chi connectivity index (χ0v) is 17.0. The van der Waals surface area contributed by atoms with Gasteiger partial charge in [-0.15, -0.1) is 0 Å². The molecule has 0 unspecified atom stereocenters. The molecule has 156 valence electrons. The Kier molecular flexibility index (Phi) is 6.73. The molecule has 10 heteroatoms. The molecule has 1 fully saturated rings. The number of alkyl halides is 2. The number of ketones is 1. The number of nitrogens with zero attached hydrogens (tertiary/aromatic N) is 1. The van der Waals surface area contributed by atoms with Crippen LogP contribution in [0, 0.1) is 0 Å². The number of amides is 2. The number of hydrogen-bond acceptors (Lipinski definition) is 6. The number of Topliss-reactive ketones (excluding diaryl/α,β-unsaturated/α-hetero) is 1. The van der Waals surface area contributed by atoms with Gasteiger partial charge in [0.15, 0.2) is 17.3 Å². The summed E-state index contributed by atoms with van der Waals surface area (Å²) < 4.78 is 34.2. The average molecular weight is 454 g/mol. The molecule has 1 aliphatic rings. The van der Waals surface area contributed by atoms with E-state index in [0.717, 1.165) is 4.90 Å². The van der Waals surface area contributed by atoms with E-state index in [-0.39, 0.29) is 16.4 Å². The van der Waals surface area contributed by atoms with Crippen molar-refractivity contribution in [1.82, 2.24) is 4.90 Å². The van der Waals surface area contributed by atoms with Crippen LogP contribution in [0.4, 0.5) is 13.6 Å². The van der Waals surface area contributed by atoms with Crippen LogP contribution in [0.5, 0.6) is 11.5 Å². The van der Waals surface area contributed by atoms with Crippen LogP contribution in [0.3, 0.4) is 0 Å². The number of methoxy groups -OCH3 is 1. The molecule has 1 heterocycles. The molecule has 0 radical (unpaired) electrons. The number of carbonyl (C=O) groups excluding carboxylic acids is 3. The van der Waals surface area contributed by atoms with E-state index in [0.29, 0.717) is 27.9 Å². The van der Waals surface area contributed by atoms with E-state index in [1.54, 1.807) is 0 Å². The Bertz CT molecular complexity index is 1030. The van der Waals surface area contributed by atoms with Gasteiger partial charge >= 0.3 is 6.61 Å².